The van der Waals surface area contributed by atoms with E-state index >= 15 is 0 Å². The SMILES string of the molecule is CC(=O)Oc1c(CBr)c(OC(C)=O)c(OC(C)=O)c(OOC(=O)C2CCCCO2)c1NC(=O)CCNC(=O)OCC1c2ccccc2-c2ccccc21. The summed E-state index contributed by atoms with van der Waals surface area (Å²) in [6, 6.07) is 15.8. The van der Waals surface area contributed by atoms with Gasteiger partial charge in [0.1, 0.15) is 12.3 Å². The summed E-state index contributed by atoms with van der Waals surface area (Å²) < 4.78 is 27.1. The van der Waals surface area contributed by atoms with Gasteiger partial charge in [0.05, 0.1) is 5.56 Å². The molecule has 53 heavy (non-hydrogen) atoms. The van der Waals surface area contributed by atoms with Gasteiger partial charge in [-0.15, -0.1) is 0 Å². The van der Waals surface area contributed by atoms with E-state index in [1.54, 1.807) is 0 Å². The number of fused-ring (bicyclic) bond motifs is 3. The fourth-order valence-corrected chi connectivity index (χ4v) is 6.47. The number of alkyl halides is 1. The molecule has 3 aromatic rings. The fourth-order valence-electron chi connectivity index (χ4n) is 5.96. The van der Waals surface area contributed by atoms with Gasteiger partial charge in [0.2, 0.25) is 11.7 Å². The molecular formula is C37H37BrN2O13. The number of hydrogen-bond donors (Lipinski definition) is 2. The van der Waals surface area contributed by atoms with E-state index in [-0.39, 0.29) is 42.1 Å². The molecule has 1 atom stereocenters. The van der Waals surface area contributed by atoms with Crippen LogP contribution in [-0.2, 0) is 43.7 Å². The minimum atomic E-state index is -0.967. The van der Waals surface area contributed by atoms with Gasteiger partial charge in [-0.25, -0.2) is 14.5 Å². The normalized spacial score (nSPS) is 14.5. The number of amides is 2. The molecule has 0 bridgehead atoms. The molecule has 0 aromatic heterocycles. The lowest BCUT2D eigenvalue weighted by Gasteiger charge is -2.23. The largest absolute Gasteiger partial charge is 0.449 e. The van der Waals surface area contributed by atoms with Crippen molar-refractivity contribution in [3.05, 3.63) is 65.2 Å². The van der Waals surface area contributed by atoms with Gasteiger partial charge in [-0.2, -0.15) is 0 Å². The molecule has 0 radical (unpaired) electrons. The second kappa shape index (κ2) is 17.8. The van der Waals surface area contributed by atoms with Crippen molar-refractivity contribution in [2.75, 3.05) is 25.1 Å². The Morgan fingerprint density at radius 1 is 0.792 bits per heavy atom. The molecule has 2 N–H and O–H groups in total. The van der Waals surface area contributed by atoms with Crippen molar-refractivity contribution in [3.8, 4) is 34.1 Å². The lowest BCUT2D eigenvalue weighted by Crippen LogP contribution is -2.31. The molecule has 280 valence electrons. The smallest absolute Gasteiger partial charge is 0.407 e. The van der Waals surface area contributed by atoms with Gasteiger partial charge < -0.3 is 34.3 Å². The molecule has 1 unspecified atom stereocenters. The Labute approximate surface area is 312 Å². The van der Waals surface area contributed by atoms with Gasteiger partial charge in [0.15, 0.2) is 17.6 Å². The van der Waals surface area contributed by atoms with E-state index in [0.29, 0.717) is 19.4 Å². The Morgan fingerprint density at radius 2 is 1.40 bits per heavy atom. The first-order valence-electron chi connectivity index (χ1n) is 16.7. The highest BCUT2D eigenvalue weighted by Crippen LogP contribution is 2.54. The maximum Gasteiger partial charge on any atom is 0.407 e. The number of halogens is 1. The van der Waals surface area contributed by atoms with Crippen LogP contribution in [0, 0.1) is 0 Å². The zero-order valence-corrected chi connectivity index (χ0v) is 30.7. The first kappa shape index (κ1) is 38.7. The minimum absolute atomic E-state index is 0.0481. The summed E-state index contributed by atoms with van der Waals surface area (Å²) in [7, 11) is 0. The van der Waals surface area contributed by atoms with Crippen LogP contribution in [0.4, 0.5) is 10.5 Å². The van der Waals surface area contributed by atoms with Crippen molar-refractivity contribution >= 4 is 57.5 Å². The molecule has 1 heterocycles. The summed E-state index contributed by atoms with van der Waals surface area (Å²) in [6.45, 7) is 3.38. The summed E-state index contributed by atoms with van der Waals surface area (Å²) >= 11 is 3.25. The van der Waals surface area contributed by atoms with E-state index in [4.69, 9.17) is 33.5 Å². The van der Waals surface area contributed by atoms with Crippen LogP contribution in [0.5, 0.6) is 23.0 Å². The van der Waals surface area contributed by atoms with Crippen molar-refractivity contribution in [1.29, 1.82) is 0 Å². The number of esters is 3. The highest BCUT2D eigenvalue weighted by Gasteiger charge is 2.35. The fraction of sp³-hybridized carbons (Fsp3) is 0.351. The van der Waals surface area contributed by atoms with Crippen molar-refractivity contribution < 1.29 is 62.2 Å². The van der Waals surface area contributed by atoms with Gasteiger partial charge in [-0.3, -0.25) is 24.1 Å². The zero-order chi connectivity index (χ0) is 38.1. The first-order chi connectivity index (χ1) is 25.5. The third kappa shape index (κ3) is 9.50. The van der Waals surface area contributed by atoms with Crippen LogP contribution in [0.15, 0.2) is 48.5 Å². The average molecular weight is 798 g/mol. The standard InChI is InChI=1S/C37H37BrN2O13/c1-20(41)49-32-27(18-38)33(50-21(2)42)35(51-22(3)43)34(52-53-36(45)29-14-8-9-17-47-29)31(32)40-30(44)15-16-39-37(46)48-19-28-25-12-6-4-10-23(25)24-11-5-7-13-26(24)28/h4-7,10-13,28-29H,8-9,14-19H2,1-3H3,(H,39,46)(H,40,44). The Hall–Kier alpha value is -5.48. The number of hydrogen-bond acceptors (Lipinski definition) is 13. The van der Waals surface area contributed by atoms with Crippen molar-refractivity contribution in [1.82, 2.24) is 5.32 Å². The van der Waals surface area contributed by atoms with E-state index in [1.807, 2.05) is 48.5 Å². The van der Waals surface area contributed by atoms with Crippen LogP contribution in [0.3, 0.4) is 0 Å². The molecule has 0 spiro atoms. The number of benzene rings is 3. The molecule has 16 heteroatoms. The van der Waals surface area contributed by atoms with E-state index < -0.39 is 64.9 Å². The number of carbonyl (C=O) groups is 6. The molecule has 0 saturated carbocycles. The maximum absolute atomic E-state index is 13.4. The van der Waals surface area contributed by atoms with E-state index in [0.717, 1.165) is 49.4 Å². The van der Waals surface area contributed by atoms with Crippen LogP contribution in [0.1, 0.15) is 69.1 Å². The molecule has 15 nitrogen and oxygen atoms in total. The van der Waals surface area contributed by atoms with E-state index in [9.17, 15) is 28.8 Å². The molecular weight excluding hydrogens is 760 g/mol. The Bertz CT molecular complexity index is 1860. The van der Waals surface area contributed by atoms with E-state index in [2.05, 4.69) is 26.6 Å². The Balaban J connectivity index is 1.35. The average Bonchev–Trinajstić information content (AvgIpc) is 3.45. The Kier molecular flexibility index (Phi) is 13.0. The highest BCUT2D eigenvalue weighted by atomic mass is 79.9. The molecule has 5 rings (SSSR count). The van der Waals surface area contributed by atoms with Crippen LogP contribution in [0.25, 0.3) is 11.1 Å². The predicted molar refractivity (Wildman–Crippen MR) is 190 cm³/mol. The quantitative estimate of drug-likeness (QED) is 0.0712. The van der Waals surface area contributed by atoms with E-state index in [1.165, 1.54) is 0 Å². The second-order valence-corrected chi connectivity index (χ2v) is 12.5. The second-order valence-electron chi connectivity index (χ2n) is 12.0. The number of carbonyl (C=O) groups excluding carboxylic acids is 6. The summed E-state index contributed by atoms with van der Waals surface area (Å²) in [5.74, 6) is -6.48. The summed E-state index contributed by atoms with van der Waals surface area (Å²) in [5.41, 5.74) is 3.76. The number of ether oxygens (including phenoxy) is 5. The van der Waals surface area contributed by atoms with Gasteiger partial charge in [0, 0.05) is 51.6 Å². The molecule has 2 amide bonds. The molecule has 1 saturated heterocycles. The third-order valence-electron chi connectivity index (χ3n) is 8.16. The van der Waals surface area contributed by atoms with Gasteiger partial charge in [0.25, 0.3) is 5.75 Å². The highest BCUT2D eigenvalue weighted by molar-refractivity contribution is 9.08. The molecule has 1 aliphatic carbocycles. The first-order valence-corrected chi connectivity index (χ1v) is 17.8. The van der Waals surface area contributed by atoms with Crippen LogP contribution < -0.4 is 29.7 Å². The summed E-state index contributed by atoms with van der Waals surface area (Å²) in [6.07, 6.45) is -0.275. The van der Waals surface area contributed by atoms with Crippen LogP contribution in [-0.4, -0.2) is 61.7 Å². The molecule has 1 aliphatic heterocycles. The van der Waals surface area contributed by atoms with Crippen LogP contribution in [0.2, 0.25) is 0 Å². The Morgan fingerprint density at radius 3 is 1.98 bits per heavy atom. The lowest BCUT2D eigenvalue weighted by atomic mass is 9.98. The van der Waals surface area contributed by atoms with Crippen molar-refractivity contribution in [3.63, 3.8) is 0 Å². The summed E-state index contributed by atoms with van der Waals surface area (Å²) in [5, 5.41) is 4.91. The predicted octanol–water partition coefficient (Wildman–Crippen LogP) is 5.63. The number of anilines is 1. The molecule has 2 aliphatic rings. The molecule has 3 aromatic carbocycles. The minimum Gasteiger partial charge on any atom is -0.449 e. The third-order valence-corrected chi connectivity index (χ3v) is 8.73. The van der Waals surface area contributed by atoms with Crippen molar-refractivity contribution in [2.24, 2.45) is 0 Å². The topological polar surface area (TPSA) is 191 Å². The summed E-state index contributed by atoms with van der Waals surface area (Å²) in [4.78, 5) is 86.1. The maximum atomic E-state index is 13.4. The zero-order valence-electron chi connectivity index (χ0n) is 29.1. The van der Waals surface area contributed by atoms with Crippen molar-refractivity contribution in [2.45, 2.75) is 63.8 Å². The van der Waals surface area contributed by atoms with Crippen LogP contribution >= 0.6 is 15.9 Å². The van der Waals surface area contributed by atoms with Gasteiger partial charge in [-0.05, 0) is 41.5 Å². The van der Waals surface area contributed by atoms with Gasteiger partial charge >= 0.3 is 30.0 Å². The lowest BCUT2D eigenvalue weighted by molar-refractivity contribution is -0.227. The molecule has 1 fully saturated rings. The number of nitrogens with one attached hydrogen (secondary N) is 2. The number of rotatable bonds is 13. The monoisotopic (exact) mass is 796 g/mol. The van der Waals surface area contributed by atoms with Gasteiger partial charge in [-0.1, -0.05) is 64.5 Å². The number of alkyl carbamates (subject to hydrolysis) is 1.